The summed E-state index contributed by atoms with van der Waals surface area (Å²) in [5, 5.41) is 2.83. The Morgan fingerprint density at radius 1 is 1.19 bits per heavy atom. The molecule has 0 bridgehead atoms. The predicted octanol–water partition coefficient (Wildman–Crippen LogP) is 1.66. The maximum atomic E-state index is 12.2. The maximum absolute atomic E-state index is 12.2. The number of carbonyl (C=O) groups excluding carboxylic acids is 2. The molecule has 0 aromatic rings. The minimum atomic E-state index is -0.423. The van der Waals surface area contributed by atoms with Gasteiger partial charge in [0.2, 0.25) is 11.8 Å². The van der Waals surface area contributed by atoms with E-state index in [2.05, 4.69) is 19.2 Å². The lowest BCUT2D eigenvalue weighted by molar-refractivity contribution is -0.136. The molecule has 1 aliphatic rings. The van der Waals surface area contributed by atoms with Crippen LogP contribution in [0.5, 0.6) is 0 Å². The third-order valence-electron chi connectivity index (χ3n) is 4.27. The molecule has 122 valence electrons. The van der Waals surface area contributed by atoms with E-state index in [0.29, 0.717) is 13.0 Å². The number of hydrogen-bond acceptors (Lipinski definition) is 3. The molecule has 21 heavy (non-hydrogen) atoms. The molecule has 0 aromatic heterocycles. The predicted molar refractivity (Wildman–Crippen MR) is 84.7 cm³/mol. The molecule has 3 N–H and O–H groups in total. The number of hydrogen-bond donors (Lipinski definition) is 2. The van der Waals surface area contributed by atoms with Crippen LogP contribution in [0.25, 0.3) is 0 Å². The largest absolute Gasteiger partial charge is 0.345 e. The van der Waals surface area contributed by atoms with E-state index in [-0.39, 0.29) is 17.2 Å². The molecule has 1 unspecified atom stereocenters. The van der Waals surface area contributed by atoms with E-state index in [0.717, 1.165) is 38.8 Å². The first-order valence-electron chi connectivity index (χ1n) is 8.14. The van der Waals surface area contributed by atoms with E-state index < -0.39 is 6.04 Å². The molecule has 1 rings (SSSR count). The van der Waals surface area contributed by atoms with Gasteiger partial charge in [-0.05, 0) is 51.0 Å². The van der Waals surface area contributed by atoms with Gasteiger partial charge < -0.3 is 16.0 Å². The van der Waals surface area contributed by atoms with Crippen LogP contribution in [-0.4, -0.2) is 42.4 Å². The second-order valence-electron chi connectivity index (χ2n) is 6.88. The van der Waals surface area contributed by atoms with Crippen molar-refractivity contribution in [2.45, 2.75) is 65.3 Å². The lowest BCUT2D eigenvalue weighted by atomic mass is 9.84. The second kappa shape index (κ2) is 8.37. The van der Waals surface area contributed by atoms with Gasteiger partial charge in [-0.2, -0.15) is 0 Å². The van der Waals surface area contributed by atoms with E-state index in [1.807, 2.05) is 4.90 Å². The highest BCUT2D eigenvalue weighted by Crippen LogP contribution is 2.25. The fraction of sp³-hybridized carbons (Fsp3) is 0.875. The van der Waals surface area contributed by atoms with Crippen molar-refractivity contribution in [3.63, 3.8) is 0 Å². The highest BCUT2D eigenvalue weighted by Gasteiger charge is 2.24. The average molecular weight is 297 g/mol. The minimum absolute atomic E-state index is 0.0436. The van der Waals surface area contributed by atoms with Crippen LogP contribution in [0.1, 0.15) is 59.3 Å². The highest BCUT2D eigenvalue weighted by atomic mass is 16.2. The summed E-state index contributed by atoms with van der Waals surface area (Å²) < 4.78 is 0. The molecule has 1 aliphatic heterocycles. The highest BCUT2D eigenvalue weighted by molar-refractivity contribution is 5.87. The van der Waals surface area contributed by atoms with E-state index in [4.69, 9.17) is 5.73 Å². The lowest BCUT2D eigenvalue weighted by Gasteiger charge is -2.29. The Kier molecular flexibility index (Phi) is 7.15. The molecule has 0 radical (unpaired) electrons. The van der Waals surface area contributed by atoms with Gasteiger partial charge in [-0.15, -0.1) is 0 Å². The summed E-state index contributed by atoms with van der Waals surface area (Å²) in [6.07, 6.45) is 5.48. The third-order valence-corrected chi connectivity index (χ3v) is 4.27. The summed E-state index contributed by atoms with van der Waals surface area (Å²) in [6.45, 7) is 8.30. The van der Waals surface area contributed by atoms with Crippen LogP contribution in [0.4, 0.5) is 0 Å². The third kappa shape index (κ3) is 6.46. The first kappa shape index (κ1) is 18.0. The minimum Gasteiger partial charge on any atom is -0.345 e. The SMILES string of the molecule is CC(NC(=O)CCC(C)(C)CCN)C(=O)N1CCCCC1. The van der Waals surface area contributed by atoms with Gasteiger partial charge in [-0.1, -0.05) is 13.8 Å². The number of carbonyl (C=O) groups is 2. The van der Waals surface area contributed by atoms with Crippen molar-refractivity contribution in [1.82, 2.24) is 10.2 Å². The lowest BCUT2D eigenvalue weighted by Crippen LogP contribution is -2.48. The Labute approximate surface area is 128 Å². The van der Waals surface area contributed by atoms with Crippen LogP contribution >= 0.6 is 0 Å². The average Bonchev–Trinajstić information content (AvgIpc) is 2.45. The Morgan fingerprint density at radius 3 is 2.38 bits per heavy atom. The van der Waals surface area contributed by atoms with Crippen molar-refractivity contribution in [2.75, 3.05) is 19.6 Å². The van der Waals surface area contributed by atoms with Crippen LogP contribution in [-0.2, 0) is 9.59 Å². The van der Waals surface area contributed by atoms with E-state index >= 15 is 0 Å². The van der Waals surface area contributed by atoms with Crippen LogP contribution in [0.2, 0.25) is 0 Å². The molecule has 0 aliphatic carbocycles. The number of likely N-dealkylation sites (tertiary alicyclic amines) is 1. The Balaban J connectivity index is 2.34. The fourth-order valence-corrected chi connectivity index (χ4v) is 2.73. The Bertz CT molecular complexity index is 349. The molecular formula is C16H31N3O2. The second-order valence-corrected chi connectivity index (χ2v) is 6.88. The maximum Gasteiger partial charge on any atom is 0.244 e. The molecular weight excluding hydrogens is 266 g/mol. The Morgan fingerprint density at radius 2 is 1.81 bits per heavy atom. The van der Waals surface area contributed by atoms with Crippen LogP contribution in [0.15, 0.2) is 0 Å². The van der Waals surface area contributed by atoms with Crippen molar-refractivity contribution in [3.05, 3.63) is 0 Å². The molecule has 2 amide bonds. The zero-order valence-corrected chi connectivity index (χ0v) is 13.8. The van der Waals surface area contributed by atoms with Gasteiger partial charge in [-0.25, -0.2) is 0 Å². The van der Waals surface area contributed by atoms with Crippen LogP contribution < -0.4 is 11.1 Å². The summed E-state index contributed by atoms with van der Waals surface area (Å²) >= 11 is 0. The van der Waals surface area contributed by atoms with Gasteiger partial charge in [0.15, 0.2) is 0 Å². The van der Waals surface area contributed by atoms with E-state index in [1.165, 1.54) is 6.42 Å². The van der Waals surface area contributed by atoms with Gasteiger partial charge >= 0.3 is 0 Å². The molecule has 1 atom stereocenters. The number of nitrogens with zero attached hydrogens (tertiary/aromatic N) is 1. The number of nitrogens with two attached hydrogens (primary N) is 1. The molecule has 5 nitrogen and oxygen atoms in total. The molecule has 1 fully saturated rings. The smallest absolute Gasteiger partial charge is 0.244 e. The van der Waals surface area contributed by atoms with Gasteiger partial charge in [0.25, 0.3) is 0 Å². The number of rotatable bonds is 7. The number of amides is 2. The summed E-state index contributed by atoms with van der Waals surface area (Å²) in [5.41, 5.74) is 5.65. The fourth-order valence-electron chi connectivity index (χ4n) is 2.73. The van der Waals surface area contributed by atoms with Crippen molar-refractivity contribution >= 4 is 11.8 Å². The van der Waals surface area contributed by atoms with Gasteiger partial charge in [0.1, 0.15) is 6.04 Å². The molecule has 0 spiro atoms. The first-order chi connectivity index (χ1) is 9.85. The molecule has 1 heterocycles. The molecule has 1 saturated heterocycles. The molecule has 0 aromatic carbocycles. The van der Waals surface area contributed by atoms with Crippen molar-refractivity contribution < 1.29 is 9.59 Å². The monoisotopic (exact) mass is 297 g/mol. The van der Waals surface area contributed by atoms with Crippen LogP contribution in [0, 0.1) is 5.41 Å². The zero-order valence-electron chi connectivity index (χ0n) is 13.8. The molecule has 5 heteroatoms. The van der Waals surface area contributed by atoms with Crippen molar-refractivity contribution in [1.29, 1.82) is 0 Å². The summed E-state index contributed by atoms with van der Waals surface area (Å²) in [4.78, 5) is 26.1. The van der Waals surface area contributed by atoms with Crippen LogP contribution in [0.3, 0.4) is 0 Å². The topological polar surface area (TPSA) is 75.4 Å². The van der Waals surface area contributed by atoms with Crippen molar-refractivity contribution in [2.24, 2.45) is 11.1 Å². The molecule has 0 saturated carbocycles. The van der Waals surface area contributed by atoms with Gasteiger partial charge in [0, 0.05) is 19.5 Å². The van der Waals surface area contributed by atoms with E-state index in [9.17, 15) is 9.59 Å². The van der Waals surface area contributed by atoms with Gasteiger partial charge in [-0.3, -0.25) is 9.59 Å². The summed E-state index contributed by atoms with van der Waals surface area (Å²) in [7, 11) is 0. The first-order valence-corrected chi connectivity index (χ1v) is 8.14. The van der Waals surface area contributed by atoms with Crippen molar-refractivity contribution in [3.8, 4) is 0 Å². The standard InChI is InChI=1S/C16H31N3O2/c1-13(15(21)19-11-5-4-6-12-19)18-14(20)7-8-16(2,3)9-10-17/h13H,4-12,17H2,1-3H3,(H,18,20). The number of nitrogens with one attached hydrogen (secondary N) is 1. The summed E-state index contributed by atoms with van der Waals surface area (Å²) in [6, 6.07) is -0.423. The number of piperidine rings is 1. The normalized spacial score (nSPS) is 17.4. The quantitative estimate of drug-likeness (QED) is 0.750. The summed E-state index contributed by atoms with van der Waals surface area (Å²) in [5.74, 6) is 0.00206. The Hall–Kier alpha value is -1.10. The van der Waals surface area contributed by atoms with E-state index in [1.54, 1.807) is 6.92 Å². The zero-order chi connectivity index (χ0) is 15.9. The van der Waals surface area contributed by atoms with Gasteiger partial charge in [0.05, 0.1) is 0 Å².